The molecule has 11 heteroatoms. The SMILES string of the molecule is C=Cc1nn(PI)c2c(C)nc(-c3cnn(C)c3OCCNC(=O)OC(C)(C)C)cc12.CC. The Morgan fingerprint density at radius 2 is 2.06 bits per heavy atom. The smallest absolute Gasteiger partial charge is 0.407 e. The van der Waals surface area contributed by atoms with Crippen LogP contribution in [0.4, 0.5) is 4.79 Å². The molecule has 0 saturated carbocycles. The summed E-state index contributed by atoms with van der Waals surface area (Å²) in [6.07, 6.45) is 3.46. The van der Waals surface area contributed by atoms with E-state index in [1.54, 1.807) is 24.0 Å². The highest BCUT2D eigenvalue weighted by molar-refractivity contribution is 14.2. The van der Waals surface area contributed by atoms with Crippen LogP contribution in [-0.2, 0) is 11.8 Å². The Bertz CT molecular complexity index is 1120. The molecule has 0 aliphatic rings. The molecule has 0 aliphatic carbocycles. The quantitative estimate of drug-likeness (QED) is 0.223. The van der Waals surface area contributed by atoms with Crippen molar-refractivity contribution in [1.29, 1.82) is 0 Å². The van der Waals surface area contributed by atoms with E-state index in [9.17, 15) is 4.79 Å². The van der Waals surface area contributed by atoms with Crippen LogP contribution >= 0.6 is 28.4 Å². The minimum absolute atomic E-state index is 0.263. The van der Waals surface area contributed by atoms with Gasteiger partial charge in [-0.2, -0.15) is 10.2 Å². The van der Waals surface area contributed by atoms with Gasteiger partial charge in [0.2, 0.25) is 5.88 Å². The van der Waals surface area contributed by atoms with Crippen LogP contribution in [0.1, 0.15) is 46.0 Å². The van der Waals surface area contributed by atoms with E-state index in [2.05, 4.69) is 44.1 Å². The van der Waals surface area contributed by atoms with Crippen molar-refractivity contribution in [2.45, 2.75) is 47.1 Å². The Kier molecular flexibility index (Phi) is 9.66. The van der Waals surface area contributed by atoms with Crippen molar-refractivity contribution in [1.82, 2.24) is 29.6 Å². The summed E-state index contributed by atoms with van der Waals surface area (Å²) in [6.45, 7) is 15.9. The van der Waals surface area contributed by atoms with Gasteiger partial charge in [0, 0.05) is 12.4 Å². The van der Waals surface area contributed by atoms with E-state index in [0.29, 0.717) is 18.8 Å². The Balaban J connectivity index is 0.00000187. The van der Waals surface area contributed by atoms with Crippen LogP contribution in [0.2, 0.25) is 0 Å². The monoisotopic (exact) mass is 586 g/mol. The minimum Gasteiger partial charge on any atom is -0.475 e. The summed E-state index contributed by atoms with van der Waals surface area (Å²) >= 11 is 2.30. The van der Waals surface area contributed by atoms with Crippen molar-refractivity contribution >= 4 is 51.5 Å². The molecule has 0 saturated heterocycles. The fraction of sp³-hybridized carbons (Fsp3) is 0.455. The van der Waals surface area contributed by atoms with Crippen molar-refractivity contribution in [2.24, 2.45) is 7.05 Å². The number of hydrogen-bond acceptors (Lipinski definition) is 6. The van der Waals surface area contributed by atoms with Crippen LogP contribution in [-0.4, -0.2) is 49.2 Å². The molecule has 1 N–H and O–H groups in total. The lowest BCUT2D eigenvalue weighted by Crippen LogP contribution is -2.34. The minimum atomic E-state index is -0.543. The third-order valence-corrected chi connectivity index (χ3v) is 6.16. The van der Waals surface area contributed by atoms with Crippen molar-refractivity contribution < 1.29 is 14.3 Å². The van der Waals surface area contributed by atoms with E-state index in [1.807, 2.05) is 52.1 Å². The average molecular weight is 586 g/mol. The molecular weight excluding hydrogens is 554 g/mol. The lowest BCUT2D eigenvalue weighted by Gasteiger charge is -2.19. The summed E-state index contributed by atoms with van der Waals surface area (Å²) in [7, 11) is 1.80. The van der Waals surface area contributed by atoms with Crippen LogP contribution in [0.3, 0.4) is 0 Å². The summed E-state index contributed by atoms with van der Waals surface area (Å²) in [5.74, 6) is 0.570. The van der Waals surface area contributed by atoms with Gasteiger partial charge in [-0.15, -0.1) is 0 Å². The summed E-state index contributed by atoms with van der Waals surface area (Å²) in [6, 6.07) is 1.99. The van der Waals surface area contributed by atoms with Crippen molar-refractivity contribution in [3.63, 3.8) is 0 Å². The van der Waals surface area contributed by atoms with E-state index in [0.717, 1.165) is 33.5 Å². The highest BCUT2D eigenvalue weighted by Crippen LogP contribution is 2.36. The first-order chi connectivity index (χ1) is 15.6. The zero-order valence-electron chi connectivity index (χ0n) is 20.2. The lowest BCUT2D eigenvalue weighted by molar-refractivity contribution is 0.0519. The van der Waals surface area contributed by atoms with Gasteiger partial charge in [-0.05, 0) is 61.9 Å². The molecule has 0 radical (unpaired) electrons. The molecule has 9 nitrogen and oxygen atoms in total. The number of pyridine rings is 1. The fourth-order valence-electron chi connectivity index (χ4n) is 3.08. The van der Waals surface area contributed by atoms with Crippen LogP contribution in [0.15, 0.2) is 18.8 Å². The highest BCUT2D eigenvalue weighted by Gasteiger charge is 2.19. The molecule has 3 rings (SSSR count). The molecule has 3 heterocycles. The van der Waals surface area contributed by atoms with Gasteiger partial charge in [0.25, 0.3) is 0 Å². The highest BCUT2D eigenvalue weighted by atomic mass is 127. The van der Waals surface area contributed by atoms with Gasteiger partial charge in [-0.1, -0.05) is 20.4 Å². The number of amides is 1. The summed E-state index contributed by atoms with van der Waals surface area (Å²) in [4.78, 5) is 16.6. The second-order valence-electron chi connectivity index (χ2n) is 7.84. The third kappa shape index (κ3) is 6.66. The number of carbonyl (C=O) groups is 1. The standard InChI is InChI=1S/C20H26IN6O3P.C2H6/c1-7-15-13-10-16(24-12(2)17(13)27(25-15)31-21)14-11-23-26(6)18(14)29-9-8-22-19(28)30-20(3,4)5;1-2/h7,10-11,31H,1,8-9H2,2-6H3,(H,22,28);1-2H3. The number of aryl methyl sites for hydroxylation is 2. The molecule has 33 heavy (non-hydrogen) atoms. The van der Waals surface area contributed by atoms with Crippen molar-refractivity contribution in [2.75, 3.05) is 13.2 Å². The number of nitrogens with one attached hydrogen (secondary N) is 1. The maximum absolute atomic E-state index is 11.8. The molecule has 3 aromatic rings. The van der Waals surface area contributed by atoms with Crippen LogP contribution in [0, 0.1) is 6.92 Å². The summed E-state index contributed by atoms with van der Waals surface area (Å²) < 4.78 is 14.8. The first-order valence-electron chi connectivity index (χ1n) is 10.7. The topological polar surface area (TPSA) is 96.1 Å². The number of nitrogens with zero attached hydrogens (tertiary/aromatic N) is 5. The normalized spacial score (nSPS) is 11.4. The van der Waals surface area contributed by atoms with Gasteiger partial charge in [0.15, 0.2) is 0 Å². The second-order valence-corrected chi connectivity index (χ2v) is 9.88. The number of aromatic nitrogens is 5. The molecule has 1 atom stereocenters. The summed E-state index contributed by atoms with van der Waals surface area (Å²) in [5.41, 5.74) is 3.66. The zero-order valence-corrected chi connectivity index (χ0v) is 23.3. The number of rotatable bonds is 7. The van der Waals surface area contributed by atoms with Gasteiger partial charge in [-0.25, -0.2) is 13.9 Å². The fourth-order valence-corrected chi connectivity index (χ4v) is 4.64. The maximum Gasteiger partial charge on any atom is 0.407 e. The number of alkyl carbamates (subject to hydrolysis) is 1. The molecule has 0 aliphatic heterocycles. The Morgan fingerprint density at radius 1 is 1.36 bits per heavy atom. The number of fused-ring (bicyclic) bond motifs is 1. The third-order valence-electron chi connectivity index (χ3n) is 4.31. The number of halogens is 1. The van der Waals surface area contributed by atoms with Gasteiger partial charge in [0.1, 0.15) is 12.2 Å². The van der Waals surface area contributed by atoms with Crippen LogP contribution in [0.5, 0.6) is 5.88 Å². The van der Waals surface area contributed by atoms with E-state index in [1.165, 1.54) is 0 Å². The lowest BCUT2D eigenvalue weighted by atomic mass is 10.1. The van der Waals surface area contributed by atoms with Gasteiger partial charge >= 0.3 is 6.09 Å². The first kappa shape index (κ1) is 27.0. The molecule has 0 bridgehead atoms. The first-order valence-corrected chi connectivity index (χ1v) is 14.7. The molecular formula is C22H32IN6O3P. The predicted octanol–water partition coefficient (Wildman–Crippen LogP) is 5.50. The number of hydrogen-bond donors (Lipinski definition) is 1. The Labute approximate surface area is 209 Å². The van der Waals surface area contributed by atoms with Gasteiger partial charge < -0.3 is 14.8 Å². The largest absolute Gasteiger partial charge is 0.475 e. The Hall–Kier alpha value is -2.20. The molecule has 1 amide bonds. The molecule has 0 fully saturated rings. The predicted molar refractivity (Wildman–Crippen MR) is 143 cm³/mol. The number of ether oxygens (including phenoxy) is 2. The van der Waals surface area contributed by atoms with Crippen molar-refractivity contribution in [3.05, 3.63) is 30.2 Å². The van der Waals surface area contributed by atoms with E-state index in [4.69, 9.17) is 14.5 Å². The van der Waals surface area contributed by atoms with Crippen LogP contribution < -0.4 is 10.1 Å². The second kappa shape index (κ2) is 11.8. The molecule has 0 aromatic carbocycles. The number of carbonyl (C=O) groups excluding carboxylic acids is 1. The van der Waals surface area contributed by atoms with E-state index >= 15 is 0 Å². The van der Waals surface area contributed by atoms with Crippen LogP contribution in [0.25, 0.3) is 28.2 Å². The zero-order chi connectivity index (χ0) is 24.8. The van der Waals surface area contributed by atoms with Gasteiger partial charge in [0.05, 0.1) is 47.3 Å². The van der Waals surface area contributed by atoms with Gasteiger partial charge in [-0.3, -0.25) is 4.98 Å². The Morgan fingerprint density at radius 3 is 2.67 bits per heavy atom. The molecule has 3 aromatic heterocycles. The van der Waals surface area contributed by atoms with E-state index in [-0.39, 0.29) is 6.61 Å². The maximum atomic E-state index is 11.8. The molecule has 180 valence electrons. The summed E-state index contributed by atoms with van der Waals surface area (Å²) in [5, 5.41) is 12.6. The van der Waals surface area contributed by atoms with E-state index < -0.39 is 11.7 Å². The molecule has 0 spiro atoms. The van der Waals surface area contributed by atoms with Crippen molar-refractivity contribution in [3.8, 4) is 17.1 Å². The average Bonchev–Trinajstić information content (AvgIpc) is 3.31. The molecule has 1 unspecified atom stereocenters.